The van der Waals surface area contributed by atoms with Crippen molar-refractivity contribution in [1.82, 2.24) is 5.32 Å². The quantitative estimate of drug-likeness (QED) is 0.741. The monoisotopic (exact) mass is 283 g/mol. The van der Waals surface area contributed by atoms with E-state index in [1.807, 2.05) is 0 Å². The van der Waals surface area contributed by atoms with Crippen molar-refractivity contribution in [3.8, 4) is 0 Å². The Hall–Kier alpha value is -0.140. The lowest BCUT2D eigenvalue weighted by molar-refractivity contribution is 0.518. The van der Waals surface area contributed by atoms with Crippen LogP contribution in [-0.4, -0.2) is 52.4 Å². The lowest BCUT2D eigenvalue weighted by atomic mass is 10.2. The summed E-state index contributed by atoms with van der Waals surface area (Å²) in [5.74, 6) is 0.214. The van der Waals surface area contributed by atoms with Gasteiger partial charge in [0.25, 0.3) is 0 Å². The van der Waals surface area contributed by atoms with Gasteiger partial charge in [0.05, 0.1) is 11.0 Å². The molecular formula is C10H21NO4S2. The first kappa shape index (κ1) is 14.9. The zero-order valence-electron chi connectivity index (χ0n) is 10.3. The van der Waals surface area contributed by atoms with Crippen LogP contribution in [0.3, 0.4) is 0 Å². The van der Waals surface area contributed by atoms with Crippen molar-refractivity contribution in [2.24, 2.45) is 0 Å². The molecule has 1 aliphatic carbocycles. The minimum Gasteiger partial charge on any atom is -0.312 e. The molecule has 0 saturated heterocycles. The normalized spacial score (nSPS) is 26.2. The lowest BCUT2D eigenvalue weighted by Crippen LogP contribution is -2.41. The molecule has 2 unspecified atom stereocenters. The molecule has 0 aromatic rings. The topological polar surface area (TPSA) is 80.3 Å². The van der Waals surface area contributed by atoms with E-state index in [9.17, 15) is 16.8 Å². The van der Waals surface area contributed by atoms with Crippen molar-refractivity contribution in [2.45, 2.75) is 37.5 Å². The summed E-state index contributed by atoms with van der Waals surface area (Å²) in [6, 6.07) is -0.0861. The van der Waals surface area contributed by atoms with Crippen molar-refractivity contribution in [1.29, 1.82) is 0 Å². The molecule has 1 saturated carbocycles. The average Bonchev–Trinajstić information content (AvgIpc) is 2.65. The Morgan fingerprint density at radius 1 is 1.18 bits per heavy atom. The molecule has 0 amide bonds. The minimum absolute atomic E-state index is 0.0798. The molecule has 2 atom stereocenters. The van der Waals surface area contributed by atoms with Crippen molar-refractivity contribution in [2.75, 3.05) is 24.3 Å². The Morgan fingerprint density at radius 2 is 1.82 bits per heavy atom. The largest absolute Gasteiger partial charge is 0.312 e. The maximum absolute atomic E-state index is 11.5. The van der Waals surface area contributed by atoms with Gasteiger partial charge in [0.1, 0.15) is 0 Å². The molecule has 1 fully saturated rings. The first-order valence-electron chi connectivity index (χ1n) is 5.89. The summed E-state index contributed by atoms with van der Waals surface area (Å²) >= 11 is 0. The molecule has 0 aromatic heterocycles. The van der Waals surface area contributed by atoms with Gasteiger partial charge in [-0.05, 0) is 12.8 Å². The Morgan fingerprint density at radius 3 is 2.35 bits per heavy atom. The molecule has 5 nitrogen and oxygen atoms in total. The summed E-state index contributed by atoms with van der Waals surface area (Å²) in [5, 5.41) is 2.72. The maximum Gasteiger partial charge on any atom is 0.151 e. The molecule has 0 heterocycles. The van der Waals surface area contributed by atoms with Gasteiger partial charge in [0, 0.05) is 24.6 Å². The van der Waals surface area contributed by atoms with Gasteiger partial charge in [-0.15, -0.1) is 0 Å². The highest BCUT2D eigenvalue weighted by Gasteiger charge is 2.34. The highest BCUT2D eigenvalue weighted by molar-refractivity contribution is 7.91. The van der Waals surface area contributed by atoms with Crippen LogP contribution in [0.2, 0.25) is 0 Å². The minimum atomic E-state index is -3.04. The molecule has 17 heavy (non-hydrogen) atoms. The van der Waals surface area contributed by atoms with Crippen LogP contribution in [0.5, 0.6) is 0 Å². The summed E-state index contributed by atoms with van der Waals surface area (Å²) in [6.07, 6.45) is 3.62. The van der Waals surface area contributed by atoms with Crippen molar-refractivity contribution in [3.63, 3.8) is 0 Å². The van der Waals surface area contributed by atoms with Gasteiger partial charge in [0.2, 0.25) is 0 Å². The van der Waals surface area contributed by atoms with Crippen LogP contribution in [-0.2, 0) is 19.7 Å². The zero-order valence-corrected chi connectivity index (χ0v) is 12.0. The van der Waals surface area contributed by atoms with Gasteiger partial charge < -0.3 is 5.32 Å². The maximum atomic E-state index is 11.5. The predicted molar refractivity (Wildman–Crippen MR) is 68.6 cm³/mol. The summed E-state index contributed by atoms with van der Waals surface area (Å²) in [6.45, 7) is 1.96. The zero-order chi connectivity index (χ0) is 13.1. The van der Waals surface area contributed by atoms with Crippen LogP contribution >= 0.6 is 0 Å². The Kier molecular flexibility index (Phi) is 4.97. The number of rotatable bonds is 6. The molecule has 102 valence electrons. The fourth-order valence-corrected chi connectivity index (χ4v) is 4.36. The van der Waals surface area contributed by atoms with Gasteiger partial charge in [-0.3, -0.25) is 0 Å². The molecule has 1 aliphatic rings. The predicted octanol–water partition coefficient (Wildman–Crippen LogP) is -0.0236. The van der Waals surface area contributed by atoms with Crippen LogP contribution in [0.25, 0.3) is 0 Å². The van der Waals surface area contributed by atoms with Gasteiger partial charge in [-0.25, -0.2) is 16.8 Å². The molecule has 1 N–H and O–H groups in total. The second-order valence-electron chi connectivity index (χ2n) is 4.60. The van der Waals surface area contributed by atoms with Gasteiger partial charge in [-0.1, -0.05) is 13.3 Å². The second-order valence-corrected chi connectivity index (χ2v) is 9.33. The third-order valence-corrected chi connectivity index (χ3v) is 6.63. The SMILES string of the molecule is CCS(=O)(=O)CCNC1CCCC1S(C)(=O)=O. The van der Waals surface area contributed by atoms with E-state index < -0.39 is 19.7 Å². The van der Waals surface area contributed by atoms with E-state index >= 15 is 0 Å². The Labute approximate surface area is 104 Å². The molecular weight excluding hydrogens is 262 g/mol. The van der Waals surface area contributed by atoms with E-state index in [2.05, 4.69) is 5.32 Å². The number of hydrogen-bond acceptors (Lipinski definition) is 5. The first-order valence-corrected chi connectivity index (χ1v) is 9.66. The third kappa shape index (κ3) is 4.56. The van der Waals surface area contributed by atoms with Crippen LogP contribution in [0.1, 0.15) is 26.2 Å². The van der Waals surface area contributed by atoms with Crippen LogP contribution in [0, 0.1) is 0 Å². The smallest absolute Gasteiger partial charge is 0.151 e. The summed E-state index contributed by atoms with van der Waals surface area (Å²) in [7, 11) is -6.01. The molecule has 1 rings (SSSR count). The fraction of sp³-hybridized carbons (Fsp3) is 1.00. The highest BCUT2D eigenvalue weighted by atomic mass is 32.2. The number of nitrogens with one attached hydrogen (secondary N) is 1. The van der Waals surface area contributed by atoms with E-state index in [-0.39, 0.29) is 22.8 Å². The first-order chi connectivity index (χ1) is 7.76. The van der Waals surface area contributed by atoms with E-state index in [1.165, 1.54) is 6.26 Å². The van der Waals surface area contributed by atoms with Gasteiger partial charge in [0.15, 0.2) is 19.7 Å². The van der Waals surface area contributed by atoms with E-state index in [1.54, 1.807) is 6.92 Å². The van der Waals surface area contributed by atoms with Crippen LogP contribution in [0.15, 0.2) is 0 Å². The van der Waals surface area contributed by atoms with Gasteiger partial charge in [-0.2, -0.15) is 0 Å². The number of hydrogen-bond donors (Lipinski definition) is 1. The molecule has 0 aliphatic heterocycles. The molecule has 0 spiro atoms. The van der Waals surface area contributed by atoms with Crippen molar-refractivity contribution in [3.05, 3.63) is 0 Å². The van der Waals surface area contributed by atoms with E-state index in [4.69, 9.17) is 0 Å². The summed E-state index contributed by atoms with van der Waals surface area (Å²) < 4.78 is 45.6. The Bertz CT molecular complexity index is 441. The standard InChI is InChI=1S/C10H21NO4S2/c1-3-17(14,15)8-7-11-9-5-4-6-10(9)16(2,12)13/h9-11H,3-8H2,1-2H3. The van der Waals surface area contributed by atoms with Crippen molar-refractivity contribution >= 4 is 19.7 Å². The summed E-state index contributed by atoms with van der Waals surface area (Å²) in [4.78, 5) is 0. The van der Waals surface area contributed by atoms with E-state index in [0.29, 0.717) is 13.0 Å². The second kappa shape index (κ2) is 5.67. The van der Waals surface area contributed by atoms with Gasteiger partial charge >= 0.3 is 0 Å². The van der Waals surface area contributed by atoms with Crippen LogP contribution in [0.4, 0.5) is 0 Å². The molecule has 0 aromatic carbocycles. The third-order valence-electron chi connectivity index (χ3n) is 3.26. The number of sulfone groups is 2. The fourth-order valence-electron chi connectivity index (χ4n) is 2.22. The molecule has 0 radical (unpaired) electrons. The molecule has 0 bridgehead atoms. The highest BCUT2D eigenvalue weighted by Crippen LogP contribution is 2.24. The Balaban J connectivity index is 2.47. The van der Waals surface area contributed by atoms with Crippen LogP contribution < -0.4 is 5.32 Å². The van der Waals surface area contributed by atoms with Crippen molar-refractivity contribution < 1.29 is 16.8 Å². The summed E-state index contributed by atoms with van der Waals surface area (Å²) in [5.41, 5.74) is 0. The average molecular weight is 283 g/mol. The lowest BCUT2D eigenvalue weighted by Gasteiger charge is -2.19. The van der Waals surface area contributed by atoms with E-state index in [0.717, 1.165) is 12.8 Å². The molecule has 7 heteroatoms.